The largest absolute Gasteiger partial charge is 0.379 e. The summed E-state index contributed by atoms with van der Waals surface area (Å²) in [5, 5.41) is 6.83. The van der Waals surface area contributed by atoms with E-state index in [0.717, 1.165) is 58.3 Å². The fraction of sp³-hybridized carbons (Fsp3) is 0.700. The van der Waals surface area contributed by atoms with Gasteiger partial charge in [-0.15, -0.1) is 0 Å². The lowest BCUT2D eigenvalue weighted by molar-refractivity contribution is 0.00867. The molecule has 6 heteroatoms. The molecule has 1 saturated heterocycles. The average Bonchev–Trinajstić information content (AvgIpc) is 2.64. The Labute approximate surface area is 158 Å². The van der Waals surface area contributed by atoms with Crippen LogP contribution in [-0.2, 0) is 11.2 Å². The first-order chi connectivity index (χ1) is 12.6. The molecule has 1 fully saturated rings. The monoisotopic (exact) mass is 361 g/mol. The minimum absolute atomic E-state index is 0.455. The number of morpholine rings is 1. The van der Waals surface area contributed by atoms with Gasteiger partial charge in [0.25, 0.3) is 0 Å². The predicted octanol–water partition coefficient (Wildman–Crippen LogP) is 1.84. The number of aliphatic imine (C=N–C) groups is 1. The lowest BCUT2D eigenvalue weighted by Gasteiger charge is -2.36. The lowest BCUT2D eigenvalue weighted by atomic mass is 10.0. The average molecular weight is 362 g/mol. The van der Waals surface area contributed by atoms with Crippen LogP contribution in [0.2, 0.25) is 0 Å². The molecule has 0 spiro atoms. The summed E-state index contributed by atoms with van der Waals surface area (Å²) in [5.74, 6) is 1.47. The van der Waals surface area contributed by atoms with Gasteiger partial charge in [0.05, 0.1) is 19.8 Å². The van der Waals surface area contributed by atoms with Crippen LogP contribution in [0.3, 0.4) is 0 Å². The lowest BCUT2D eigenvalue weighted by Crippen LogP contribution is -2.48. The van der Waals surface area contributed by atoms with E-state index in [1.54, 1.807) is 0 Å². The fourth-order valence-corrected chi connectivity index (χ4v) is 3.28. The van der Waals surface area contributed by atoms with Crippen molar-refractivity contribution in [2.24, 2.45) is 10.9 Å². The zero-order valence-corrected chi connectivity index (χ0v) is 16.8. The van der Waals surface area contributed by atoms with Gasteiger partial charge in [0.1, 0.15) is 0 Å². The molecular formula is C20H35N5O. The van der Waals surface area contributed by atoms with Crippen LogP contribution in [0.5, 0.6) is 0 Å². The van der Waals surface area contributed by atoms with Crippen molar-refractivity contribution in [3.63, 3.8) is 0 Å². The molecule has 0 radical (unpaired) electrons. The van der Waals surface area contributed by atoms with Crippen molar-refractivity contribution in [1.82, 2.24) is 20.5 Å². The molecule has 0 saturated carbocycles. The van der Waals surface area contributed by atoms with Crippen LogP contribution in [0.25, 0.3) is 0 Å². The quantitative estimate of drug-likeness (QED) is 0.546. The second-order valence-corrected chi connectivity index (χ2v) is 7.16. The highest BCUT2D eigenvalue weighted by Crippen LogP contribution is 2.13. The zero-order chi connectivity index (χ0) is 18.8. The summed E-state index contributed by atoms with van der Waals surface area (Å²) in [6.07, 6.45) is 4.75. The summed E-state index contributed by atoms with van der Waals surface area (Å²) in [6, 6.07) is 2.55. The molecule has 6 nitrogen and oxygen atoms in total. The van der Waals surface area contributed by atoms with Crippen molar-refractivity contribution < 1.29 is 4.74 Å². The van der Waals surface area contributed by atoms with Gasteiger partial charge in [-0.1, -0.05) is 13.8 Å². The van der Waals surface area contributed by atoms with Crippen LogP contribution in [0.4, 0.5) is 0 Å². The Morgan fingerprint density at radius 3 is 2.73 bits per heavy atom. The van der Waals surface area contributed by atoms with Gasteiger partial charge >= 0.3 is 0 Å². The number of guanidine groups is 1. The summed E-state index contributed by atoms with van der Waals surface area (Å²) < 4.78 is 5.49. The summed E-state index contributed by atoms with van der Waals surface area (Å²) in [5.41, 5.74) is 2.57. The number of hydrogen-bond donors (Lipinski definition) is 2. The van der Waals surface area contributed by atoms with Crippen molar-refractivity contribution >= 4 is 5.96 Å². The fourth-order valence-electron chi connectivity index (χ4n) is 3.28. The highest BCUT2D eigenvalue weighted by atomic mass is 16.5. The van der Waals surface area contributed by atoms with E-state index in [0.29, 0.717) is 12.0 Å². The molecule has 1 aromatic rings. The maximum atomic E-state index is 5.49. The molecular weight excluding hydrogens is 326 g/mol. The summed E-state index contributed by atoms with van der Waals surface area (Å²) in [6.45, 7) is 15.0. The maximum absolute atomic E-state index is 5.49. The Balaban J connectivity index is 1.90. The minimum Gasteiger partial charge on any atom is -0.379 e. The molecule has 1 atom stereocenters. The Morgan fingerprint density at radius 2 is 2.08 bits per heavy atom. The number of rotatable bonds is 8. The smallest absolute Gasteiger partial charge is 0.191 e. The van der Waals surface area contributed by atoms with E-state index in [9.17, 15) is 0 Å². The van der Waals surface area contributed by atoms with Gasteiger partial charge < -0.3 is 15.4 Å². The Hall–Kier alpha value is -1.66. The van der Waals surface area contributed by atoms with Gasteiger partial charge in [0, 0.05) is 44.6 Å². The Bertz CT molecular complexity index is 555. The van der Waals surface area contributed by atoms with E-state index < -0.39 is 0 Å². The number of aromatic nitrogens is 1. The maximum Gasteiger partial charge on any atom is 0.191 e. The topological polar surface area (TPSA) is 61.8 Å². The van der Waals surface area contributed by atoms with Crippen LogP contribution in [0.15, 0.2) is 23.5 Å². The van der Waals surface area contributed by atoms with Gasteiger partial charge in [-0.05, 0) is 43.4 Å². The Morgan fingerprint density at radius 1 is 1.31 bits per heavy atom. The van der Waals surface area contributed by atoms with E-state index in [2.05, 4.69) is 54.3 Å². The molecule has 0 amide bonds. The number of hydrogen-bond acceptors (Lipinski definition) is 4. The van der Waals surface area contributed by atoms with Gasteiger partial charge in [0.2, 0.25) is 0 Å². The number of aryl methyl sites for hydroxylation is 1. The van der Waals surface area contributed by atoms with Crippen LogP contribution < -0.4 is 10.6 Å². The van der Waals surface area contributed by atoms with Gasteiger partial charge in [-0.2, -0.15) is 0 Å². The molecule has 146 valence electrons. The first kappa shape index (κ1) is 20.6. The van der Waals surface area contributed by atoms with E-state index in [4.69, 9.17) is 9.73 Å². The van der Waals surface area contributed by atoms with E-state index >= 15 is 0 Å². The molecule has 26 heavy (non-hydrogen) atoms. The SMILES string of the molecule is CCNC(=NCC(C(C)C)N1CCOCC1)NCCc1ccncc1C. The molecule has 2 N–H and O–H groups in total. The molecule has 0 aromatic carbocycles. The third-order valence-corrected chi connectivity index (χ3v) is 4.89. The highest BCUT2D eigenvalue weighted by Gasteiger charge is 2.23. The van der Waals surface area contributed by atoms with Gasteiger partial charge in [0.15, 0.2) is 5.96 Å². The van der Waals surface area contributed by atoms with E-state index in [1.165, 1.54) is 11.1 Å². The zero-order valence-electron chi connectivity index (χ0n) is 16.8. The number of ether oxygens (including phenoxy) is 1. The second kappa shape index (κ2) is 11.1. The van der Waals surface area contributed by atoms with Gasteiger partial charge in [-0.25, -0.2) is 0 Å². The van der Waals surface area contributed by atoms with Crippen LogP contribution in [0, 0.1) is 12.8 Å². The molecule has 0 aliphatic carbocycles. The van der Waals surface area contributed by atoms with Crippen molar-refractivity contribution in [1.29, 1.82) is 0 Å². The normalized spacial score (nSPS) is 17.3. The van der Waals surface area contributed by atoms with Crippen molar-refractivity contribution in [3.05, 3.63) is 29.6 Å². The van der Waals surface area contributed by atoms with Crippen LogP contribution in [-0.4, -0.2) is 67.8 Å². The first-order valence-electron chi connectivity index (χ1n) is 9.85. The first-order valence-corrected chi connectivity index (χ1v) is 9.85. The van der Waals surface area contributed by atoms with E-state index in [1.807, 2.05) is 12.4 Å². The number of pyridine rings is 1. The third-order valence-electron chi connectivity index (χ3n) is 4.89. The highest BCUT2D eigenvalue weighted by molar-refractivity contribution is 5.79. The molecule has 2 heterocycles. The van der Waals surface area contributed by atoms with Crippen LogP contribution >= 0.6 is 0 Å². The molecule has 1 unspecified atom stereocenters. The molecule has 1 aromatic heterocycles. The summed E-state index contributed by atoms with van der Waals surface area (Å²) in [4.78, 5) is 11.5. The molecule has 0 bridgehead atoms. The predicted molar refractivity (Wildman–Crippen MR) is 108 cm³/mol. The van der Waals surface area contributed by atoms with Crippen molar-refractivity contribution in [2.75, 3.05) is 45.9 Å². The van der Waals surface area contributed by atoms with E-state index in [-0.39, 0.29) is 0 Å². The molecule has 2 rings (SSSR count). The molecule has 1 aliphatic rings. The summed E-state index contributed by atoms with van der Waals surface area (Å²) in [7, 11) is 0. The number of nitrogens with zero attached hydrogens (tertiary/aromatic N) is 3. The Kier molecular flexibility index (Phi) is 8.85. The van der Waals surface area contributed by atoms with Crippen molar-refractivity contribution in [3.8, 4) is 0 Å². The number of nitrogens with one attached hydrogen (secondary N) is 2. The third kappa shape index (κ3) is 6.57. The second-order valence-electron chi connectivity index (χ2n) is 7.16. The molecule has 1 aliphatic heterocycles. The van der Waals surface area contributed by atoms with Gasteiger partial charge in [-0.3, -0.25) is 14.9 Å². The summed E-state index contributed by atoms with van der Waals surface area (Å²) >= 11 is 0. The standard InChI is InChI=1S/C20H35N5O/c1-5-22-20(23-9-7-18-6-8-21-14-17(18)4)24-15-19(16(2)3)25-10-12-26-13-11-25/h6,8,14,16,19H,5,7,9-13,15H2,1-4H3,(H2,22,23,24). The minimum atomic E-state index is 0.455. The van der Waals surface area contributed by atoms with Crippen LogP contribution in [0.1, 0.15) is 31.9 Å². The van der Waals surface area contributed by atoms with Crippen molar-refractivity contribution in [2.45, 2.75) is 40.2 Å².